The standard InChI is InChI=1S/C17H15NO/c1-11-6-5-7-13(10-11)17(19)16-12(2)18-15-9-4-3-8-14(15)16/h3-10,18H,1-2H3. The van der Waals surface area contributed by atoms with Gasteiger partial charge in [-0.1, -0.05) is 42.0 Å². The van der Waals surface area contributed by atoms with Crippen molar-refractivity contribution in [3.8, 4) is 0 Å². The minimum atomic E-state index is 0.0821. The smallest absolute Gasteiger partial charge is 0.195 e. The molecule has 2 aromatic carbocycles. The highest BCUT2D eigenvalue weighted by molar-refractivity contribution is 6.17. The summed E-state index contributed by atoms with van der Waals surface area (Å²) in [6.45, 7) is 3.95. The summed E-state index contributed by atoms with van der Waals surface area (Å²) in [4.78, 5) is 15.9. The number of hydrogen-bond donors (Lipinski definition) is 1. The van der Waals surface area contributed by atoms with Crippen molar-refractivity contribution in [2.24, 2.45) is 0 Å². The second-order valence-corrected chi connectivity index (χ2v) is 4.87. The van der Waals surface area contributed by atoms with Gasteiger partial charge in [0.2, 0.25) is 0 Å². The molecule has 0 aliphatic rings. The van der Waals surface area contributed by atoms with Gasteiger partial charge in [-0.25, -0.2) is 0 Å². The largest absolute Gasteiger partial charge is 0.358 e. The van der Waals surface area contributed by atoms with Gasteiger partial charge in [0.15, 0.2) is 5.78 Å². The van der Waals surface area contributed by atoms with Crippen LogP contribution < -0.4 is 0 Å². The summed E-state index contributed by atoms with van der Waals surface area (Å²) in [5.41, 5.74) is 4.56. The van der Waals surface area contributed by atoms with E-state index in [-0.39, 0.29) is 5.78 Å². The zero-order chi connectivity index (χ0) is 13.4. The summed E-state index contributed by atoms with van der Waals surface area (Å²) in [5.74, 6) is 0.0821. The monoisotopic (exact) mass is 249 g/mol. The van der Waals surface area contributed by atoms with Gasteiger partial charge in [-0.3, -0.25) is 4.79 Å². The second kappa shape index (κ2) is 4.39. The quantitative estimate of drug-likeness (QED) is 0.684. The maximum absolute atomic E-state index is 12.7. The van der Waals surface area contributed by atoms with E-state index in [1.807, 2.05) is 62.4 Å². The molecular formula is C17H15NO. The third-order valence-corrected chi connectivity index (χ3v) is 3.40. The number of aryl methyl sites for hydroxylation is 2. The van der Waals surface area contributed by atoms with Gasteiger partial charge in [-0.05, 0) is 26.0 Å². The predicted octanol–water partition coefficient (Wildman–Crippen LogP) is 4.02. The molecule has 0 fully saturated rings. The highest BCUT2D eigenvalue weighted by atomic mass is 16.1. The summed E-state index contributed by atoms with van der Waals surface area (Å²) in [6.07, 6.45) is 0. The van der Waals surface area contributed by atoms with Crippen LogP contribution in [0.5, 0.6) is 0 Å². The van der Waals surface area contributed by atoms with E-state index in [1.54, 1.807) is 0 Å². The third kappa shape index (κ3) is 1.95. The summed E-state index contributed by atoms with van der Waals surface area (Å²) >= 11 is 0. The number of para-hydroxylation sites is 1. The van der Waals surface area contributed by atoms with Gasteiger partial charge < -0.3 is 4.98 Å². The molecule has 1 aromatic heterocycles. The molecule has 3 rings (SSSR count). The number of carbonyl (C=O) groups is 1. The fourth-order valence-electron chi connectivity index (χ4n) is 2.50. The third-order valence-electron chi connectivity index (χ3n) is 3.40. The Balaban J connectivity index is 2.19. The number of benzene rings is 2. The molecule has 0 atom stereocenters. The SMILES string of the molecule is Cc1cccc(C(=O)c2c(C)[nH]c3ccccc23)c1. The first-order valence-corrected chi connectivity index (χ1v) is 6.35. The lowest BCUT2D eigenvalue weighted by molar-refractivity contribution is 0.103. The Kier molecular flexibility index (Phi) is 2.71. The molecule has 0 bridgehead atoms. The van der Waals surface area contributed by atoms with Crippen LogP contribution in [-0.4, -0.2) is 10.8 Å². The van der Waals surface area contributed by atoms with E-state index in [9.17, 15) is 4.79 Å². The molecule has 1 N–H and O–H groups in total. The first-order chi connectivity index (χ1) is 9.16. The van der Waals surface area contributed by atoms with Crippen LogP contribution in [0.2, 0.25) is 0 Å². The number of H-pyrrole nitrogens is 1. The Morgan fingerprint density at radius 2 is 1.79 bits per heavy atom. The Hall–Kier alpha value is -2.35. The van der Waals surface area contributed by atoms with Gasteiger partial charge in [0.25, 0.3) is 0 Å². The number of aromatic amines is 1. The Labute approximate surface area is 112 Å². The lowest BCUT2D eigenvalue weighted by atomic mass is 9.99. The fraction of sp³-hybridized carbons (Fsp3) is 0.118. The summed E-state index contributed by atoms with van der Waals surface area (Å²) < 4.78 is 0. The van der Waals surface area contributed by atoms with Crippen LogP contribution in [-0.2, 0) is 0 Å². The molecule has 0 radical (unpaired) electrons. The molecule has 0 saturated heterocycles. The molecule has 2 heteroatoms. The first-order valence-electron chi connectivity index (χ1n) is 6.35. The zero-order valence-corrected chi connectivity index (χ0v) is 11.0. The van der Waals surface area contributed by atoms with E-state index >= 15 is 0 Å². The summed E-state index contributed by atoms with van der Waals surface area (Å²) in [5, 5.41) is 0.992. The lowest BCUT2D eigenvalue weighted by Gasteiger charge is -2.02. The van der Waals surface area contributed by atoms with Crippen LogP contribution in [0.25, 0.3) is 10.9 Å². The first kappa shape index (κ1) is 11.7. The van der Waals surface area contributed by atoms with Crippen LogP contribution in [0.3, 0.4) is 0 Å². The number of hydrogen-bond acceptors (Lipinski definition) is 1. The number of ketones is 1. The zero-order valence-electron chi connectivity index (χ0n) is 11.0. The summed E-state index contributed by atoms with van der Waals surface area (Å²) in [7, 11) is 0. The van der Waals surface area contributed by atoms with Crippen molar-refractivity contribution < 1.29 is 4.79 Å². The molecule has 0 aliphatic carbocycles. The number of rotatable bonds is 2. The molecule has 2 nitrogen and oxygen atoms in total. The summed E-state index contributed by atoms with van der Waals surface area (Å²) in [6, 6.07) is 15.6. The minimum absolute atomic E-state index is 0.0821. The molecule has 19 heavy (non-hydrogen) atoms. The fourth-order valence-corrected chi connectivity index (χ4v) is 2.50. The Morgan fingerprint density at radius 3 is 2.58 bits per heavy atom. The van der Waals surface area contributed by atoms with Gasteiger partial charge in [-0.15, -0.1) is 0 Å². The highest BCUT2D eigenvalue weighted by Gasteiger charge is 2.17. The van der Waals surface area contributed by atoms with Crippen molar-refractivity contribution in [2.45, 2.75) is 13.8 Å². The maximum Gasteiger partial charge on any atom is 0.195 e. The van der Waals surface area contributed by atoms with Crippen molar-refractivity contribution in [3.05, 3.63) is 70.9 Å². The van der Waals surface area contributed by atoms with Crippen molar-refractivity contribution in [3.63, 3.8) is 0 Å². The highest BCUT2D eigenvalue weighted by Crippen LogP contribution is 2.24. The number of aromatic nitrogens is 1. The van der Waals surface area contributed by atoms with Gasteiger partial charge in [0, 0.05) is 22.2 Å². The van der Waals surface area contributed by atoms with Crippen LogP contribution in [0.1, 0.15) is 27.2 Å². The molecule has 94 valence electrons. The van der Waals surface area contributed by atoms with E-state index in [4.69, 9.17) is 0 Å². The Bertz CT molecular complexity index is 768. The number of carbonyl (C=O) groups excluding carboxylic acids is 1. The van der Waals surface area contributed by atoms with Gasteiger partial charge in [0.1, 0.15) is 0 Å². The molecule has 1 heterocycles. The van der Waals surface area contributed by atoms with Gasteiger partial charge in [-0.2, -0.15) is 0 Å². The number of fused-ring (bicyclic) bond motifs is 1. The molecule has 0 spiro atoms. The number of nitrogens with one attached hydrogen (secondary N) is 1. The van der Waals surface area contributed by atoms with Gasteiger partial charge >= 0.3 is 0 Å². The van der Waals surface area contributed by atoms with E-state index in [1.165, 1.54) is 0 Å². The van der Waals surface area contributed by atoms with E-state index in [0.717, 1.165) is 33.3 Å². The predicted molar refractivity (Wildman–Crippen MR) is 77.6 cm³/mol. The molecule has 0 aliphatic heterocycles. The normalized spacial score (nSPS) is 10.8. The molecular weight excluding hydrogens is 234 g/mol. The van der Waals surface area contributed by atoms with Crippen molar-refractivity contribution in [1.29, 1.82) is 0 Å². The van der Waals surface area contributed by atoms with E-state index < -0.39 is 0 Å². The van der Waals surface area contributed by atoms with Crippen molar-refractivity contribution in [1.82, 2.24) is 4.98 Å². The lowest BCUT2D eigenvalue weighted by Crippen LogP contribution is -2.02. The van der Waals surface area contributed by atoms with Gasteiger partial charge in [0.05, 0.1) is 5.56 Å². The van der Waals surface area contributed by atoms with Crippen LogP contribution >= 0.6 is 0 Å². The average Bonchev–Trinajstić information content (AvgIpc) is 2.74. The average molecular weight is 249 g/mol. The minimum Gasteiger partial charge on any atom is -0.358 e. The van der Waals surface area contributed by atoms with Crippen LogP contribution in [0.15, 0.2) is 48.5 Å². The van der Waals surface area contributed by atoms with Crippen molar-refractivity contribution in [2.75, 3.05) is 0 Å². The topological polar surface area (TPSA) is 32.9 Å². The van der Waals surface area contributed by atoms with Crippen LogP contribution in [0.4, 0.5) is 0 Å². The molecule has 3 aromatic rings. The van der Waals surface area contributed by atoms with E-state index in [0.29, 0.717) is 0 Å². The molecule has 0 saturated carbocycles. The van der Waals surface area contributed by atoms with Crippen LogP contribution in [0, 0.1) is 13.8 Å². The van der Waals surface area contributed by atoms with Crippen molar-refractivity contribution >= 4 is 16.7 Å². The second-order valence-electron chi connectivity index (χ2n) is 4.87. The van der Waals surface area contributed by atoms with E-state index in [2.05, 4.69) is 4.98 Å². The Morgan fingerprint density at radius 1 is 1.00 bits per heavy atom. The molecule has 0 amide bonds. The maximum atomic E-state index is 12.7. The molecule has 0 unspecified atom stereocenters.